The van der Waals surface area contributed by atoms with Crippen LogP contribution in [0, 0.1) is 0 Å². The molecule has 0 aliphatic rings. The zero-order valence-corrected chi connectivity index (χ0v) is 14.6. The Bertz CT molecular complexity index is 760. The molecule has 7 heteroatoms. The molecule has 0 aliphatic heterocycles. The summed E-state index contributed by atoms with van der Waals surface area (Å²) in [5, 5.41) is 8.07. The highest BCUT2D eigenvalue weighted by Gasteiger charge is 2.12. The lowest BCUT2D eigenvalue weighted by Gasteiger charge is -2.13. The molecule has 7 nitrogen and oxygen atoms in total. The molecular weight excluding hydrogens is 334 g/mol. The lowest BCUT2D eigenvalue weighted by atomic mass is 10.2. The molecule has 3 amide bonds. The SMILES string of the molecule is COC(=O)C[C@H](C)NC(=O)Nc1ccc(C(=O)Nc2ccccc2)cc1. The first-order valence-electron chi connectivity index (χ1n) is 8.08. The Morgan fingerprint density at radius 1 is 0.923 bits per heavy atom. The second-order valence-corrected chi connectivity index (χ2v) is 5.68. The number of amides is 3. The van der Waals surface area contributed by atoms with Gasteiger partial charge in [0.25, 0.3) is 5.91 Å². The van der Waals surface area contributed by atoms with Crippen LogP contribution < -0.4 is 16.0 Å². The number of benzene rings is 2. The topological polar surface area (TPSA) is 96.5 Å². The minimum absolute atomic E-state index is 0.0858. The molecule has 0 radical (unpaired) electrons. The number of carbonyl (C=O) groups excluding carboxylic acids is 3. The second-order valence-electron chi connectivity index (χ2n) is 5.68. The van der Waals surface area contributed by atoms with E-state index in [4.69, 9.17) is 0 Å². The Hall–Kier alpha value is -3.35. The van der Waals surface area contributed by atoms with Crippen molar-refractivity contribution >= 4 is 29.3 Å². The minimum atomic E-state index is -0.442. The molecular formula is C19H21N3O4. The van der Waals surface area contributed by atoms with Crippen molar-refractivity contribution in [3.05, 3.63) is 60.2 Å². The Kier molecular flexibility index (Phi) is 6.73. The van der Waals surface area contributed by atoms with Crippen LogP contribution in [0.5, 0.6) is 0 Å². The van der Waals surface area contributed by atoms with E-state index < -0.39 is 12.0 Å². The third kappa shape index (κ3) is 5.94. The summed E-state index contributed by atoms with van der Waals surface area (Å²) in [5.74, 6) is -0.634. The first-order valence-corrected chi connectivity index (χ1v) is 8.08. The van der Waals surface area contributed by atoms with Gasteiger partial charge in [0.05, 0.1) is 13.5 Å². The van der Waals surface area contributed by atoms with E-state index >= 15 is 0 Å². The third-order valence-electron chi connectivity index (χ3n) is 3.51. The fourth-order valence-corrected chi connectivity index (χ4v) is 2.21. The van der Waals surface area contributed by atoms with Gasteiger partial charge in [-0.05, 0) is 43.3 Å². The maximum atomic E-state index is 12.2. The number of carbonyl (C=O) groups is 3. The van der Waals surface area contributed by atoms with Crippen molar-refractivity contribution < 1.29 is 19.1 Å². The van der Waals surface area contributed by atoms with Crippen LogP contribution in [-0.4, -0.2) is 31.1 Å². The number of hydrogen-bond donors (Lipinski definition) is 3. The van der Waals surface area contributed by atoms with Crippen LogP contribution in [0.25, 0.3) is 0 Å². The van der Waals surface area contributed by atoms with E-state index in [9.17, 15) is 14.4 Å². The summed E-state index contributed by atoms with van der Waals surface area (Å²) in [6, 6.07) is 14.8. The van der Waals surface area contributed by atoms with Gasteiger partial charge in [0.2, 0.25) is 0 Å². The molecule has 0 unspecified atom stereocenters. The normalized spacial score (nSPS) is 11.2. The molecule has 1 atom stereocenters. The highest BCUT2D eigenvalue weighted by atomic mass is 16.5. The summed E-state index contributed by atoms with van der Waals surface area (Å²) in [4.78, 5) is 35.2. The zero-order chi connectivity index (χ0) is 18.9. The lowest BCUT2D eigenvalue weighted by molar-refractivity contribution is -0.141. The summed E-state index contributed by atoms with van der Waals surface area (Å²) >= 11 is 0. The molecule has 0 spiro atoms. The molecule has 0 aromatic heterocycles. The van der Waals surface area contributed by atoms with Crippen molar-refractivity contribution in [3.8, 4) is 0 Å². The Balaban J connectivity index is 1.87. The van der Waals surface area contributed by atoms with Gasteiger partial charge in [-0.1, -0.05) is 18.2 Å². The maximum absolute atomic E-state index is 12.2. The van der Waals surface area contributed by atoms with Gasteiger partial charge in [-0.2, -0.15) is 0 Å². The molecule has 2 aromatic rings. The number of para-hydroxylation sites is 1. The van der Waals surface area contributed by atoms with Crippen LogP contribution in [-0.2, 0) is 9.53 Å². The molecule has 2 aromatic carbocycles. The Morgan fingerprint density at radius 2 is 1.54 bits per heavy atom. The third-order valence-corrected chi connectivity index (χ3v) is 3.51. The van der Waals surface area contributed by atoms with Crippen molar-refractivity contribution in [2.75, 3.05) is 17.7 Å². The van der Waals surface area contributed by atoms with E-state index in [2.05, 4.69) is 20.7 Å². The van der Waals surface area contributed by atoms with Crippen LogP contribution in [0.3, 0.4) is 0 Å². The number of esters is 1. The number of ether oxygens (including phenoxy) is 1. The molecule has 0 heterocycles. The average molecular weight is 355 g/mol. The van der Waals surface area contributed by atoms with E-state index in [1.165, 1.54) is 7.11 Å². The zero-order valence-electron chi connectivity index (χ0n) is 14.6. The summed E-state index contributed by atoms with van der Waals surface area (Å²) in [6.45, 7) is 1.70. The monoisotopic (exact) mass is 355 g/mol. The van der Waals surface area contributed by atoms with E-state index in [0.29, 0.717) is 16.9 Å². The van der Waals surface area contributed by atoms with E-state index in [-0.39, 0.29) is 18.4 Å². The molecule has 0 fully saturated rings. The summed E-state index contributed by atoms with van der Waals surface area (Å²) < 4.78 is 4.55. The molecule has 136 valence electrons. The highest BCUT2D eigenvalue weighted by Crippen LogP contribution is 2.12. The van der Waals surface area contributed by atoms with Crippen molar-refractivity contribution in [1.29, 1.82) is 0 Å². The molecule has 26 heavy (non-hydrogen) atoms. The van der Waals surface area contributed by atoms with Crippen LogP contribution in [0.4, 0.5) is 16.2 Å². The van der Waals surface area contributed by atoms with Gasteiger partial charge >= 0.3 is 12.0 Å². The second kappa shape index (κ2) is 9.22. The lowest BCUT2D eigenvalue weighted by Crippen LogP contribution is -2.37. The fourth-order valence-electron chi connectivity index (χ4n) is 2.21. The number of rotatable bonds is 6. The number of methoxy groups -OCH3 is 1. The van der Waals surface area contributed by atoms with Gasteiger partial charge in [0.15, 0.2) is 0 Å². The Morgan fingerprint density at radius 3 is 2.15 bits per heavy atom. The summed E-state index contributed by atoms with van der Waals surface area (Å²) in [7, 11) is 1.30. The van der Waals surface area contributed by atoms with Crippen molar-refractivity contribution in [2.45, 2.75) is 19.4 Å². The van der Waals surface area contributed by atoms with Crippen molar-refractivity contribution in [3.63, 3.8) is 0 Å². The van der Waals surface area contributed by atoms with Gasteiger partial charge in [0, 0.05) is 23.0 Å². The van der Waals surface area contributed by atoms with Gasteiger partial charge in [0.1, 0.15) is 0 Å². The summed E-state index contributed by atoms with van der Waals surface area (Å²) in [5.41, 5.74) is 1.71. The number of anilines is 2. The van der Waals surface area contributed by atoms with Crippen molar-refractivity contribution in [1.82, 2.24) is 5.32 Å². The largest absolute Gasteiger partial charge is 0.469 e. The molecule has 0 saturated carbocycles. The molecule has 0 aliphatic carbocycles. The maximum Gasteiger partial charge on any atom is 0.319 e. The van der Waals surface area contributed by atoms with Crippen LogP contribution in [0.1, 0.15) is 23.7 Å². The first kappa shape index (κ1) is 19.0. The smallest absolute Gasteiger partial charge is 0.319 e. The number of hydrogen-bond acceptors (Lipinski definition) is 4. The van der Waals surface area contributed by atoms with E-state index in [0.717, 1.165) is 0 Å². The van der Waals surface area contributed by atoms with Crippen LogP contribution in [0.2, 0.25) is 0 Å². The standard InChI is InChI=1S/C19H21N3O4/c1-13(12-17(23)26-2)20-19(25)22-16-10-8-14(9-11-16)18(24)21-15-6-4-3-5-7-15/h3-11,13H,12H2,1-2H3,(H,21,24)(H2,20,22,25)/t13-/m0/s1. The quantitative estimate of drug-likeness (QED) is 0.694. The number of urea groups is 1. The summed E-state index contributed by atoms with van der Waals surface area (Å²) in [6.07, 6.45) is 0.0858. The fraction of sp³-hybridized carbons (Fsp3) is 0.211. The molecule has 2 rings (SSSR count). The van der Waals surface area contributed by atoms with Crippen LogP contribution >= 0.6 is 0 Å². The highest BCUT2D eigenvalue weighted by molar-refractivity contribution is 6.04. The predicted molar refractivity (Wildman–Crippen MR) is 99.1 cm³/mol. The molecule has 3 N–H and O–H groups in total. The Labute approximate surface area is 151 Å². The van der Waals surface area contributed by atoms with Gasteiger partial charge in [-0.25, -0.2) is 4.79 Å². The average Bonchev–Trinajstić information content (AvgIpc) is 2.62. The predicted octanol–water partition coefficient (Wildman–Crippen LogP) is 3.01. The van der Waals surface area contributed by atoms with Gasteiger partial charge in [-0.15, -0.1) is 0 Å². The van der Waals surface area contributed by atoms with E-state index in [1.54, 1.807) is 43.3 Å². The molecule has 0 bridgehead atoms. The van der Waals surface area contributed by atoms with Crippen LogP contribution in [0.15, 0.2) is 54.6 Å². The first-order chi connectivity index (χ1) is 12.5. The van der Waals surface area contributed by atoms with Crippen molar-refractivity contribution in [2.24, 2.45) is 0 Å². The molecule has 0 saturated heterocycles. The minimum Gasteiger partial charge on any atom is -0.469 e. The van der Waals surface area contributed by atoms with Gasteiger partial charge < -0.3 is 20.7 Å². The number of nitrogens with one attached hydrogen (secondary N) is 3. The van der Waals surface area contributed by atoms with Gasteiger partial charge in [-0.3, -0.25) is 9.59 Å². The van der Waals surface area contributed by atoms with E-state index in [1.807, 2.05) is 18.2 Å².